The highest BCUT2D eigenvalue weighted by atomic mass is 35.5. The maximum Gasteiger partial charge on any atom is 0.257 e. The zero-order valence-electron chi connectivity index (χ0n) is 13.9. The molecular weight excluding hydrogens is 324 g/mol. The topological polar surface area (TPSA) is 49.3 Å². The van der Waals surface area contributed by atoms with Crippen LogP contribution < -0.4 is 0 Å². The Labute approximate surface area is 147 Å². The Morgan fingerprint density at radius 2 is 2.04 bits per heavy atom. The summed E-state index contributed by atoms with van der Waals surface area (Å²) < 4.78 is 0. The Balaban J connectivity index is 1.79. The van der Waals surface area contributed by atoms with E-state index in [9.17, 15) is 4.79 Å². The highest BCUT2D eigenvalue weighted by molar-refractivity contribution is 6.33. The van der Waals surface area contributed by atoms with Gasteiger partial charge in [-0.25, -0.2) is 9.97 Å². The van der Waals surface area contributed by atoms with E-state index in [4.69, 9.17) is 11.6 Å². The Morgan fingerprint density at radius 3 is 2.62 bits per heavy atom. The Bertz CT molecular complexity index is 719. The number of hydrogen-bond donors (Lipinski definition) is 0. The summed E-state index contributed by atoms with van der Waals surface area (Å²) >= 11 is 6.17. The number of aromatic nitrogens is 2. The van der Waals surface area contributed by atoms with Crippen molar-refractivity contribution in [3.8, 4) is 11.4 Å². The number of halogens is 1. The van der Waals surface area contributed by atoms with Crippen LogP contribution in [0.3, 0.4) is 0 Å². The number of benzene rings is 1. The predicted molar refractivity (Wildman–Crippen MR) is 95.1 cm³/mol. The molecular formula is C18H21ClN4O. The van der Waals surface area contributed by atoms with Gasteiger partial charge in [0.2, 0.25) is 0 Å². The van der Waals surface area contributed by atoms with Crippen LogP contribution in [-0.4, -0.2) is 58.4 Å². The molecule has 0 radical (unpaired) electrons. The molecule has 2 aromatic rings. The van der Waals surface area contributed by atoms with E-state index in [1.54, 1.807) is 18.5 Å². The lowest BCUT2D eigenvalue weighted by molar-refractivity contribution is 0.0695. The summed E-state index contributed by atoms with van der Waals surface area (Å²) in [6.07, 6.45) is 4.19. The molecule has 0 aliphatic carbocycles. The van der Waals surface area contributed by atoms with Crippen molar-refractivity contribution in [1.29, 1.82) is 0 Å². The third kappa shape index (κ3) is 3.42. The number of carbonyl (C=O) groups excluding carboxylic acids is 1. The van der Waals surface area contributed by atoms with E-state index in [1.807, 2.05) is 30.0 Å². The van der Waals surface area contributed by atoms with Crippen LogP contribution in [0.4, 0.5) is 0 Å². The van der Waals surface area contributed by atoms with Crippen LogP contribution in [0.25, 0.3) is 11.4 Å². The summed E-state index contributed by atoms with van der Waals surface area (Å²) in [7, 11) is 2.08. The summed E-state index contributed by atoms with van der Waals surface area (Å²) in [5.74, 6) is 0.518. The Kier molecular flexibility index (Phi) is 5.11. The van der Waals surface area contributed by atoms with Gasteiger partial charge in [0.15, 0.2) is 5.82 Å². The first-order valence-electron chi connectivity index (χ1n) is 8.16. The van der Waals surface area contributed by atoms with Gasteiger partial charge >= 0.3 is 0 Å². The molecule has 1 fully saturated rings. The molecule has 1 aliphatic heterocycles. The molecule has 1 saturated heterocycles. The second-order valence-corrected chi connectivity index (χ2v) is 6.48. The molecule has 0 spiro atoms. The van der Waals surface area contributed by atoms with Crippen molar-refractivity contribution in [3.63, 3.8) is 0 Å². The molecule has 2 heterocycles. The third-order valence-corrected chi connectivity index (χ3v) is 4.75. The molecule has 1 aromatic carbocycles. The minimum absolute atomic E-state index is 0.0106. The summed E-state index contributed by atoms with van der Waals surface area (Å²) in [4.78, 5) is 25.6. The van der Waals surface area contributed by atoms with E-state index in [0.29, 0.717) is 23.0 Å². The van der Waals surface area contributed by atoms with Gasteiger partial charge in [-0.1, -0.05) is 23.7 Å². The fourth-order valence-corrected chi connectivity index (χ4v) is 3.34. The van der Waals surface area contributed by atoms with Crippen molar-refractivity contribution >= 4 is 17.5 Å². The van der Waals surface area contributed by atoms with E-state index < -0.39 is 0 Å². The fraction of sp³-hybridized carbons (Fsp3) is 0.389. The molecule has 1 unspecified atom stereocenters. The first-order chi connectivity index (χ1) is 11.6. The summed E-state index contributed by atoms with van der Waals surface area (Å²) in [5.41, 5.74) is 1.28. The first kappa shape index (κ1) is 16.9. The third-order valence-electron chi connectivity index (χ3n) is 4.42. The molecule has 3 rings (SSSR count). The number of likely N-dealkylation sites (N-methyl/N-ethyl adjacent to an activating group) is 2. The number of carbonyl (C=O) groups is 1. The van der Waals surface area contributed by atoms with Crippen LogP contribution in [0, 0.1) is 0 Å². The normalized spacial score (nSPS) is 17.9. The van der Waals surface area contributed by atoms with Gasteiger partial charge in [0.1, 0.15) is 0 Å². The van der Waals surface area contributed by atoms with Crippen LogP contribution >= 0.6 is 11.6 Å². The molecule has 126 valence electrons. The fourth-order valence-electron chi connectivity index (χ4n) is 3.12. The van der Waals surface area contributed by atoms with Crippen LogP contribution in [0.2, 0.25) is 5.02 Å². The van der Waals surface area contributed by atoms with Crippen molar-refractivity contribution < 1.29 is 4.79 Å². The zero-order chi connectivity index (χ0) is 17.1. The Morgan fingerprint density at radius 1 is 1.33 bits per heavy atom. The summed E-state index contributed by atoms with van der Waals surface area (Å²) in [6.45, 7) is 4.63. The molecule has 1 aliphatic rings. The second-order valence-electron chi connectivity index (χ2n) is 6.07. The molecule has 0 saturated carbocycles. The van der Waals surface area contributed by atoms with Crippen molar-refractivity contribution in [1.82, 2.24) is 19.8 Å². The summed E-state index contributed by atoms with van der Waals surface area (Å²) in [6, 6.07) is 7.68. The molecule has 1 amide bonds. The molecule has 24 heavy (non-hydrogen) atoms. The molecule has 0 bridgehead atoms. The van der Waals surface area contributed by atoms with Gasteiger partial charge in [-0.15, -0.1) is 0 Å². The number of likely N-dealkylation sites (tertiary alicyclic amines) is 1. The van der Waals surface area contributed by atoms with Crippen LogP contribution in [0.15, 0.2) is 36.7 Å². The average molecular weight is 345 g/mol. The van der Waals surface area contributed by atoms with Crippen molar-refractivity contribution in [3.05, 3.63) is 47.2 Å². The highest BCUT2D eigenvalue weighted by Crippen LogP contribution is 2.24. The quantitative estimate of drug-likeness (QED) is 0.855. The SMILES string of the molecule is CCN(C(=O)c1cnc(-c2ccccc2Cl)nc1)C1CCN(C)C1. The number of rotatable bonds is 4. The molecule has 5 nitrogen and oxygen atoms in total. The van der Waals surface area contributed by atoms with Crippen molar-refractivity contribution in [2.24, 2.45) is 0 Å². The average Bonchev–Trinajstić information content (AvgIpc) is 3.02. The van der Waals surface area contributed by atoms with Crippen molar-refractivity contribution in [2.75, 3.05) is 26.7 Å². The summed E-state index contributed by atoms with van der Waals surface area (Å²) in [5, 5.41) is 0.598. The van der Waals surface area contributed by atoms with Crippen LogP contribution in [-0.2, 0) is 0 Å². The molecule has 1 atom stereocenters. The molecule has 6 heteroatoms. The number of amides is 1. The van der Waals surface area contributed by atoms with Gasteiger partial charge < -0.3 is 9.80 Å². The largest absolute Gasteiger partial charge is 0.335 e. The lowest BCUT2D eigenvalue weighted by Gasteiger charge is -2.27. The second kappa shape index (κ2) is 7.28. The highest BCUT2D eigenvalue weighted by Gasteiger charge is 2.29. The molecule has 1 aromatic heterocycles. The van der Waals surface area contributed by atoms with E-state index in [0.717, 1.165) is 25.1 Å². The zero-order valence-corrected chi connectivity index (χ0v) is 14.7. The standard InChI is InChI=1S/C18H21ClN4O/c1-3-23(14-8-9-22(2)12-14)18(24)13-10-20-17(21-11-13)15-6-4-5-7-16(15)19/h4-7,10-11,14H,3,8-9,12H2,1-2H3. The predicted octanol–water partition coefficient (Wildman–Crippen LogP) is 2.96. The van der Waals surface area contributed by atoms with Gasteiger partial charge in [0.05, 0.1) is 10.6 Å². The Hall–Kier alpha value is -1.98. The van der Waals surface area contributed by atoms with E-state index >= 15 is 0 Å². The maximum atomic E-state index is 12.8. The van der Waals surface area contributed by atoms with Crippen LogP contribution in [0.5, 0.6) is 0 Å². The van der Waals surface area contributed by atoms with E-state index in [2.05, 4.69) is 21.9 Å². The van der Waals surface area contributed by atoms with Gasteiger partial charge in [-0.05, 0) is 39.1 Å². The lowest BCUT2D eigenvalue weighted by Crippen LogP contribution is -2.41. The minimum Gasteiger partial charge on any atom is -0.335 e. The monoisotopic (exact) mass is 344 g/mol. The van der Waals surface area contributed by atoms with E-state index in [-0.39, 0.29) is 11.9 Å². The number of hydrogen-bond acceptors (Lipinski definition) is 4. The van der Waals surface area contributed by atoms with Crippen LogP contribution in [0.1, 0.15) is 23.7 Å². The number of nitrogens with zero attached hydrogens (tertiary/aromatic N) is 4. The minimum atomic E-state index is -0.0106. The first-order valence-corrected chi connectivity index (χ1v) is 8.54. The van der Waals surface area contributed by atoms with Gasteiger partial charge in [0.25, 0.3) is 5.91 Å². The van der Waals surface area contributed by atoms with E-state index in [1.165, 1.54) is 0 Å². The molecule has 0 N–H and O–H groups in total. The van der Waals surface area contributed by atoms with Crippen molar-refractivity contribution in [2.45, 2.75) is 19.4 Å². The van der Waals surface area contributed by atoms with Gasteiger partial charge in [-0.3, -0.25) is 4.79 Å². The van der Waals surface area contributed by atoms with Gasteiger partial charge in [-0.2, -0.15) is 0 Å². The smallest absolute Gasteiger partial charge is 0.257 e. The lowest BCUT2D eigenvalue weighted by atomic mass is 10.1. The van der Waals surface area contributed by atoms with Gasteiger partial charge in [0, 0.05) is 37.1 Å². The maximum absolute atomic E-state index is 12.8.